The lowest BCUT2D eigenvalue weighted by molar-refractivity contribution is -0.130. The summed E-state index contributed by atoms with van der Waals surface area (Å²) in [6, 6.07) is 22.7. The van der Waals surface area contributed by atoms with Crippen molar-refractivity contribution < 1.29 is 14.3 Å². The molecule has 1 aliphatic heterocycles. The Balaban J connectivity index is 1.81. The molecule has 3 aromatic rings. The maximum Gasteiger partial charge on any atom is 0.290 e. The Morgan fingerprint density at radius 3 is 2.36 bits per heavy atom. The van der Waals surface area contributed by atoms with Gasteiger partial charge in [0.15, 0.2) is 5.76 Å². The van der Waals surface area contributed by atoms with Gasteiger partial charge in [0.05, 0.1) is 6.04 Å². The summed E-state index contributed by atoms with van der Waals surface area (Å²) in [5, 5.41) is 10.7. The van der Waals surface area contributed by atoms with Crippen molar-refractivity contribution in [2.75, 3.05) is 0 Å². The first-order valence-corrected chi connectivity index (χ1v) is 9.63. The van der Waals surface area contributed by atoms with E-state index in [1.807, 2.05) is 54.6 Å². The van der Waals surface area contributed by atoms with Crippen LogP contribution in [0.2, 0.25) is 0 Å². The third-order valence-electron chi connectivity index (χ3n) is 4.82. The average Bonchev–Trinajstić information content (AvgIpc) is 2.95. The molecule has 0 radical (unpaired) electrons. The smallest absolute Gasteiger partial charge is 0.290 e. The molecular weight excluding hydrogens is 421 g/mol. The highest BCUT2D eigenvalue weighted by atomic mass is 79.9. The van der Waals surface area contributed by atoms with Gasteiger partial charge in [0.1, 0.15) is 5.82 Å². The molecule has 3 nitrogen and oxygen atoms in total. The Bertz CT molecular complexity index is 1050. The number of halogens is 2. The molecule has 4 rings (SSSR count). The Morgan fingerprint density at radius 1 is 0.964 bits per heavy atom. The van der Waals surface area contributed by atoms with Crippen molar-refractivity contribution in [1.82, 2.24) is 4.90 Å². The maximum atomic E-state index is 13.3. The van der Waals surface area contributed by atoms with Crippen molar-refractivity contribution in [2.45, 2.75) is 12.6 Å². The van der Waals surface area contributed by atoms with Crippen molar-refractivity contribution in [3.8, 4) is 0 Å². The van der Waals surface area contributed by atoms with Gasteiger partial charge in [0.25, 0.3) is 5.91 Å². The number of aliphatic hydroxyl groups is 1. The molecule has 0 aliphatic carbocycles. The van der Waals surface area contributed by atoms with Gasteiger partial charge in [-0.05, 0) is 41.0 Å². The molecule has 28 heavy (non-hydrogen) atoms. The highest BCUT2D eigenvalue weighted by molar-refractivity contribution is 9.10. The zero-order chi connectivity index (χ0) is 19.7. The molecule has 140 valence electrons. The number of aliphatic hydroxyl groups excluding tert-OH is 1. The van der Waals surface area contributed by atoms with Crippen molar-refractivity contribution in [2.24, 2.45) is 0 Å². The normalized spacial score (nSPS) is 16.7. The van der Waals surface area contributed by atoms with E-state index in [-0.39, 0.29) is 18.1 Å². The molecule has 1 aliphatic rings. The summed E-state index contributed by atoms with van der Waals surface area (Å²) in [4.78, 5) is 14.6. The minimum Gasteiger partial charge on any atom is -0.503 e. The van der Waals surface area contributed by atoms with E-state index in [1.165, 1.54) is 12.1 Å². The molecule has 0 saturated heterocycles. The van der Waals surface area contributed by atoms with Gasteiger partial charge in [0, 0.05) is 16.6 Å². The summed E-state index contributed by atoms with van der Waals surface area (Å²) in [7, 11) is 0. The molecule has 3 aromatic carbocycles. The number of carbonyl (C=O) groups excluding carboxylic acids is 1. The van der Waals surface area contributed by atoms with Gasteiger partial charge in [-0.1, -0.05) is 70.5 Å². The number of amides is 1. The quantitative estimate of drug-likeness (QED) is 0.573. The summed E-state index contributed by atoms with van der Waals surface area (Å²) >= 11 is 3.49. The molecule has 1 N–H and O–H groups in total. The van der Waals surface area contributed by atoms with Crippen molar-refractivity contribution >= 4 is 27.4 Å². The first-order chi connectivity index (χ1) is 13.5. The number of hydrogen-bond acceptors (Lipinski definition) is 2. The minimum absolute atomic E-state index is 0.252. The van der Waals surface area contributed by atoms with Crippen LogP contribution in [0.5, 0.6) is 0 Å². The molecule has 1 amide bonds. The third kappa shape index (κ3) is 3.45. The molecule has 0 spiro atoms. The molecule has 0 saturated carbocycles. The van der Waals surface area contributed by atoms with Crippen LogP contribution in [-0.2, 0) is 11.3 Å². The van der Waals surface area contributed by atoms with E-state index < -0.39 is 11.9 Å². The molecule has 1 atom stereocenters. The second kappa shape index (κ2) is 7.60. The Hall–Kier alpha value is -2.92. The van der Waals surface area contributed by atoms with E-state index in [0.29, 0.717) is 5.57 Å². The minimum atomic E-state index is -0.447. The molecule has 5 heteroatoms. The predicted molar refractivity (Wildman–Crippen MR) is 110 cm³/mol. The van der Waals surface area contributed by atoms with Crippen molar-refractivity contribution in [1.29, 1.82) is 0 Å². The first kappa shape index (κ1) is 18.4. The van der Waals surface area contributed by atoms with Crippen LogP contribution in [0.4, 0.5) is 4.39 Å². The van der Waals surface area contributed by atoms with Gasteiger partial charge < -0.3 is 10.0 Å². The summed E-state index contributed by atoms with van der Waals surface area (Å²) in [6.07, 6.45) is 0. The second-order valence-electron chi connectivity index (χ2n) is 6.65. The zero-order valence-electron chi connectivity index (χ0n) is 14.8. The number of carbonyl (C=O) groups is 1. The van der Waals surface area contributed by atoms with E-state index >= 15 is 0 Å². The van der Waals surface area contributed by atoms with Crippen molar-refractivity contribution in [3.05, 3.63) is 112 Å². The lowest BCUT2D eigenvalue weighted by atomic mass is 9.93. The number of rotatable bonds is 4. The number of benzene rings is 3. The van der Waals surface area contributed by atoms with Crippen molar-refractivity contribution in [3.63, 3.8) is 0 Å². The van der Waals surface area contributed by atoms with E-state index in [1.54, 1.807) is 17.0 Å². The van der Waals surface area contributed by atoms with Crippen LogP contribution in [0.3, 0.4) is 0 Å². The topological polar surface area (TPSA) is 40.5 Å². The van der Waals surface area contributed by atoms with Crippen LogP contribution in [0, 0.1) is 5.82 Å². The summed E-state index contributed by atoms with van der Waals surface area (Å²) in [5.74, 6) is -1.02. The molecule has 1 heterocycles. The van der Waals surface area contributed by atoms with Gasteiger partial charge in [-0.2, -0.15) is 0 Å². The van der Waals surface area contributed by atoms with Crippen LogP contribution >= 0.6 is 15.9 Å². The van der Waals surface area contributed by atoms with Crippen LogP contribution in [-0.4, -0.2) is 15.9 Å². The molecular formula is C23H17BrFNO2. The van der Waals surface area contributed by atoms with Crippen LogP contribution in [0.1, 0.15) is 22.7 Å². The fourth-order valence-electron chi connectivity index (χ4n) is 3.54. The third-order valence-corrected chi connectivity index (χ3v) is 5.31. The summed E-state index contributed by atoms with van der Waals surface area (Å²) in [5.41, 5.74) is 3.04. The van der Waals surface area contributed by atoms with Gasteiger partial charge in [-0.25, -0.2) is 4.39 Å². The van der Waals surface area contributed by atoms with Gasteiger partial charge >= 0.3 is 0 Å². The van der Waals surface area contributed by atoms with E-state index in [2.05, 4.69) is 15.9 Å². The Morgan fingerprint density at radius 2 is 1.68 bits per heavy atom. The molecule has 0 aromatic heterocycles. The van der Waals surface area contributed by atoms with Crippen LogP contribution < -0.4 is 0 Å². The van der Waals surface area contributed by atoms with Crippen LogP contribution in [0.25, 0.3) is 5.57 Å². The number of hydrogen-bond donors (Lipinski definition) is 1. The monoisotopic (exact) mass is 437 g/mol. The Kier molecular flexibility index (Phi) is 5.01. The SMILES string of the molecule is O=C1C(O)=C(c2ccccc2)C(c2cccc(Br)c2)N1Cc1ccc(F)cc1. The lowest BCUT2D eigenvalue weighted by Gasteiger charge is -2.27. The van der Waals surface area contributed by atoms with Gasteiger partial charge in [-0.15, -0.1) is 0 Å². The Labute approximate surface area is 170 Å². The number of nitrogens with zero attached hydrogens (tertiary/aromatic N) is 1. The molecule has 0 bridgehead atoms. The zero-order valence-corrected chi connectivity index (χ0v) is 16.4. The lowest BCUT2D eigenvalue weighted by Crippen LogP contribution is -2.29. The van der Waals surface area contributed by atoms with Gasteiger partial charge in [0.2, 0.25) is 0 Å². The van der Waals surface area contributed by atoms with E-state index in [9.17, 15) is 14.3 Å². The standard InChI is InChI=1S/C23H17BrFNO2/c24-18-8-4-7-17(13-18)21-20(16-5-2-1-3-6-16)22(27)23(28)26(21)14-15-9-11-19(25)12-10-15/h1-13,21,27H,14H2. The van der Waals surface area contributed by atoms with Crippen LogP contribution in [0.15, 0.2) is 89.1 Å². The highest BCUT2D eigenvalue weighted by Crippen LogP contribution is 2.44. The predicted octanol–water partition coefficient (Wildman–Crippen LogP) is 5.64. The maximum absolute atomic E-state index is 13.3. The fourth-order valence-corrected chi connectivity index (χ4v) is 3.96. The largest absolute Gasteiger partial charge is 0.503 e. The second-order valence-corrected chi connectivity index (χ2v) is 7.56. The molecule has 1 unspecified atom stereocenters. The van der Waals surface area contributed by atoms with Gasteiger partial charge in [-0.3, -0.25) is 4.79 Å². The summed E-state index contributed by atoms with van der Waals surface area (Å²) < 4.78 is 14.2. The van der Waals surface area contributed by atoms with E-state index in [4.69, 9.17) is 0 Å². The molecule has 0 fully saturated rings. The fraction of sp³-hybridized carbons (Fsp3) is 0.0870. The van der Waals surface area contributed by atoms with E-state index in [0.717, 1.165) is 21.2 Å². The highest BCUT2D eigenvalue weighted by Gasteiger charge is 2.40. The average molecular weight is 438 g/mol. The summed E-state index contributed by atoms with van der Waals surface area (Å²) in [6.45, 7) is 0.261. The first-order valence-electron chi connectivity index (χ1n) is 8.84.